The van der Waals surface area contributed by atoms with E-state index in [0.29, 0.717) is 5.89 Å². The fraction of sp³-hybridized carbons (Fsp3) is 0.167. The van der Waals surface area contributed by atoms with Crippen molar-refractivity contribution in [1.82, 2.24) is 15.2 Å². The number of aryl methyl sites for hydroxylation is 1. The summed E-state index contributed by atoms with van der Waals surface area (Å²) in [5.74, 6) is 0.549. The lowest BCUT2D eigenvalue weighted by Crippen LogP contribution is -1.85. The average molecular weight is 135 g/mol. The van der Waals surface area contributed by atoms with Gasteiger partial charge in [0.1, 0.15) is 0 Å². The molecule has 4 nitrogen and oxygen atoms in total. The summed E-state index contributed by atoms with van der Waals surface area (Å²) < 4.78 is 4.95. The van der Waals surface area contributed by atoms with E-state index < -0.39 is 0 Å². The summed E-state index contributed by atoms with van der Waals surface area (Å²) in [6.07, 6.45) is 2.98. The maximum Gasteiger partial charge on any atom is 0.248 e. The SMILES string of the molecule is Cc1cnc2ocnnc1-2. The minimum absolute atomic E-state index is 0.549. The zero-order valence-electron chi connectivity index (χ0n) is 5.40. The Hall–Kier alpha value is -1.45. The third-order valence-electron chi connectivity index (χ3n) is 1.32. The van der Waals surface area contributed by atoms with E-state index >= 15 is 0 Å². The Bertz CT molecular complexity index is 317. The first kappa shape index (κ1) is 5.34. The molecule has 0 saturated carbocycles. The largest absolute Gasteiger partial charge is 0.423 e. The van der Waals surface area contributed by atoms with Gasteiger partial charge in [-0.1, -0.05) is 0 Å². The molecular weight excluding hydrogens is 130 g/mol. The van der Waals surface area contributed by atoms with E-state index in [9.17, 15) is 0 Å². The summed E-state index contributed by atoms with van der Waals surface area (Å²) in [6, 6.07) is 0. The molecule has 0 amide bonds. The van der Waals surface area contributed by atoms with Crippen molar-refractivity contribution >= 4 is 0 Å². The van der Waals surface area contributed by atoms with Crippen LogP contribution in [0.2, 0.25) is 0 Å². The normalized spacial score (nSPS) is 10.5. The number of hydrogen-bond acceptors (Lipinski definition) is 4. The van der Waals surface area contributed by atoms with E-state index in [1.165, 1.54) is 6.39 Å². The Morgan fingerprint density at radius 3 is 3.20 bits per heavy atom. The van der Waals surface area contributed by atoms with Gasteiger partial charge in [-0.15, -0.1) is 10.2 Å². The van der Waals surface area contributed by atoms with E-state index in [2.05, 4.69) is 15.2 Å². The number of nitrogens with zero attached hydrogens (tertiary/aromatic N) is 3. The van der Waals surface area contributed by atoms with Gasteiger partial charge in [0, 0.05) is 11.8 Å². The van der Waals surface area contributed by atoms with E-state index in [0.717, 1.165) is 11.3 Å². The van der Waals surface area contributed by atoms with Crippen molar-refractivity contribution in [1.29, 1.82) is 0 Å². The van der Waals surface area contributed by atoms with Gasteiger partial charge in [-0.3, -0.25) is 0 Å². The first-order chi connectivity index (χ1) is 4.88. The van der Waals surface area contributed by atoms with Gasteiger partial charge in [0.05, 0.1) is 0 Å². The van der Waals surface area contributed by atoms with Crippen LogP contribution in [0.15, 0.2) is 17.0 Å². The highest BCUT2D eigenvalue weighted by atomic mass is 16.3. The second-order valence-corrected chi connectivity index (χ2v) is 2.03. The molecule has 0 aromatic carbocycles. The average Bonchev–Trinajstić information content (AvgIpc) is 2.34. The minimum atomic E-state index is 0.549. The molecule has 0 saturated heterocycles. The van der Waals surface area contributed by atoms with Crippen LogP contribution >= 0.6 is 0 Å². The van der Waals surface area contributed by atoms with Crippen LogP contribution in [0.5, 0.6) is 0 Å². The maximum atomic E-state index is 4.95. The van der Waals surface area contributed by atoms with Crippen LogP contribution in [0.3, 0.4) is 0 Å². The molecule has 0 fully saturated rings. The first-order valence-corrected chi connectivity index (χ1v) is 2.89. The smallest absolute Gasteiger partial charge is 0.248 e. The van der Waals surface area contributed by atoms with Gasteiger partial charge in [0.2, 0.25) is 12.3 Å². The molecule has 10 heavy (non-hydrogen) atoms. The van der Waals surface area contributed by atoms with Crippen molar-refractivity contribution < 1.29 is 4.42 Å². The van der Waals surface area contributed by atoms with E-state index in [1.807, 2.05) is 6.92 Å². The van der Waals surface area contributed by atoms with Crippen LogP contribution in [0.1, 0.15) is 5.56 Å². The van der Waals surface area contributed by atoms with Crippen LogP contribution in [0, 0.1) is 6.92 Å². The van der Waals surface area contributed by atoms with Crippen molar-refractivity contribution in [2.24, 2.45) is 0 Å². The molecular formula is C6H5N3O. The molecule has 0 radical (unpaired) electrons. The Morgan fingerprint density at radius 1 is 1.50 bits per heavy atom. The van der Waals surface area contributed by atoms with Gasteiger partial charge < -0.3 is 4.42 Å². The second-order valence-electron chi connectivity index (χ2n) is 2.03. The van der Waals surface area contributed by atoms with E-state index in [4.69, 9.17) is 4.42 Å². The molecule has 0 aromatic rings. The second kappa shape index (κ2) is 1.76. The standard InChI is InChI=1S/C6H5N3O/c1-4-2-7-6-5(4)9-8-3-10-6/h2-3H,1H3. The van der Waals surface area contributed by atoms with Crippen molar-refractivity contribution in [3.8, 4) is 11.6 Å². The zero-order chi connectivity index (χ0) is 6.97. The quantitative estimate of drug-likeness (QED) is 0.538. The molecule has 0 spiro atoms. The molecule has 4 heteroatoms. The highest BCUT2D eigenvalue weighted by Gasteiger charge is 2.10. The summed E-state index contributed by atoms with van der Waals surface area (Å²) >= 11 is 0. The van der Waals surface area contributed by atoms with Crippen LogP contribution < -0.4 is 0 Å². The van der Waals surface area contributed by atoms with Crippen molar-refractivity contribution in [2.45, 2.75) is 6.92 Å². The first-order valence-electron chi connectivity index (χ1n) is 2.89. The summed E-state index contributed by atoms with van der Waals surface area (Å²) in [4.78, 5) is 3.95. The van der Waals surface area contributed by atoms with Gasteiger partial charge in [0.25, 0.3) is 0 Å². The Balaban J connectivity index is 2.78. The fourth-order valence-corrected chi connectivity index (χ4v) is 0.809. The van der Waals surface area contributed by atoms with Gasteiger partial charge in [-0.05, 0) is 6.92 Å². The Kier molecular flexibility index (Phi) is 0.943. The summed E-state index contributed by atoms with van der Waals surface area (Å²) in [5.41, 5.74) is 1.73. The molecule has 50 valence electrons. The van der Waals surface area contributed by atoms with Crippen LogP contribution in [-0.2, 0) is 0 Å². The molecule has 0 unspecified atom stereocenters. The lowest BCUT2D eigenvalue weighted by molar-refractivity contribution is 0.511. The monoisotopic (exact) mass is 135 g/mol. The van der Waals surface area contributed by atoms with E-state index in [1.54, 1.807) is 6.20 Å². The molecule has 2 aliphatic rings. The number of hydrogen-bond donors (Lipinski definition) is 0. The number of rotatable bonds is 0. The zero-order valence-corrected chi connectivity index (χ0v) is 5.40. The number of fused-ring (bicyclic) bond motifs is 1. The number of aromatic nitrogens is 3. The Labute approximate surface area is 57.3 Å². The molecule has 2 heterocycles. The highest BCUT2D eigenvalue weighted by Crippen LogP contribution is 2.18. The van der Waals surface area contributed by atoms with Gasteiger partial charge in [-0.2, -0.15) is 0 Å². The highest BCUT2D eigenvalue weighted by molar-refractivity contribution is 5.52. The third kappa shape index (κ3) is 0.586. The lowest BCUT2D eigenvalue weighted by Gasteiger charge is -1.90. The summed E-state index contributed by atoms with van der Waals surface area (Å²) in [6.45, 7) is 1.92. The molecule has 0 aromatic heterocycles. The van der Waals surface area contributed by atoms with Crippen LogP contribution in [-0.4, -0.2) is 15.2 Å². The summed E-state index contributed by atoms with van der Waals surface area (Å²) in [5, 5.41) is 7.42. The topological polar surface area (TPSA) is 51.8 Å². The van der Waals surface area contributed by atoms with Gasteiger partial charge in [-0.25, -0.2) is 4.98 Å². The van der Waals surface area contributed by atoms with Gasteiger partial charge >= 0.3 is 0 Å². The molecule has 0 aliphatic carbocycles. The van der Waals surface area contributed by atoms with Crippen LogP contribution in [0.4, 0.5) is 0 Å². The minimum Gasteiger partial charge on any atom is -0.423 e. The molecule has 0 N–H and O–H groups in total. The van der Waals surface area contributed by atoms with Crippen molar-refractivity contribution in [3.63, 3.8) is 0 Å². The molecule has 0 bridgehead atoms. The van der Waals surface area contributed by atoms with Crippen molar-refractivity contribution in [3.05, 3.63) is 18.2 Å². The third-order valence-corrected chi connectivity index (χ3v) is 1.32. The Morgan fingerprint density at radius 2 is 2.40 bits per heavy atom. The fourth-order valence-electron chi connectivity index (χ4n) is 0.809. The van der Waals surface area contributed by atoms with Gasteiger partial charge in [0.15, 0.2) is 5.69 Å². The van der Waals surface area contributed by atoms with Crippen molar-refractivity contribution in [2.75, 3.05) is 0 Å². The molecule has 0 atom stereocenters. The predicted octanol–water partition coefficient (Wildman–Crippen LogP) is 0.878. The molecule has 2 rings (SSSR count). The summed E-state index contributed by atoms with van der Waals surface area (Å²) in [7, 11) is 0. The predicted molar refractivity (Wildman–Crippen MR) is 33.5 cm³/mol. The van der Waals surface area contributed by atoms with E-state index in [-0.39, 0.29) is 0 Å². The van der Waals surface area contributed by atoms with Crippen LogP contribution in [0.25, 0.3) is 11.6 Å². The maximum absolute atomic E-state index is 4.95. The lowest BCUT2D eigenvalue weighted by atomic mass is 10.3. The molecule has 2 aliphatic heterocycles.